The molecule has 2 aromatic rings. The van der Waals surface area contributed by atoms with Crippen molar-refractivity contribution >= 4 is 29.2 Å². The molecule has 0 amide bonds. The first kappa shape index (κ1) is 15.7. The average Bonchev–Trinajstić information content (AvgIpc) is 2.43. The third-order valence-electron chi connectivity index (χ3n) is 3.08. The van der Waals surface area contributed by atoms with Crippen molar-refractivity contribution in [2.75, 3.05) is 6.61 Å². The lowest BCUT2D eigenvalue weighted by atomic mass is 10.1. The number of carboxylic acids is 1. The first-order valence-corrected chi connectivity index (χ1v) is 7.13. The van der Waals surface area contributed by atoms with Crippen LogP contribution in [0.4, 0.5) is 0 Å². The van der Waals surface area contributed by atoms with Gasteiger partial charge in [-0.2, -0.15) is 0 Å². The zero-order chi connectivity index (χ0) is 15.4. The number of carbonyl (C=O) groups is 1. The Hall–Kier alpha value is -1.71. The van der Waals surface area contributed by atoms with E-state index in [-0.39, 0.29) is 5.56 Å². The van der Waals surface area contributed by atoms with Crippen LogP contribution in [0.3, 0.4) is 0 Å². The van der Waals surface area contributed by atoms with Gasteiger partial charge in [0.2, 0.25) is 0 Å². The maximum atomic E-state index is 11.0. The molecular formula is C16H14Cl2O3. The highest BCUT2D eigenvalue weighted by molar-refractivity contribution is 6.35. The van der Waals surface area contributed by atoms with Crippen molar-refractivity contribution < 1.29 is 14.6 Å². The van der Waals surface area contributed by atoms with Crippen LogP contribution in [0, 0.1) is 6.92 Å². The molecule has 0 atom stereocenters. The molecule has 0 saturated carbocycles. The van der Waals surface area contributed by atoms with E-state index < -0.39 is 5.97 Å². The lowest BCUT2D eigenvalue weighted by molar-refractivity contribution is 0.0696. The Morgan fingerprint density at radius 2 is 1.95 bits per heavy atom. The van der Waals surface area contributed by atoms with Crippen LogP contribution in [-0.2, 0) is 6.42 Å². The molecule has 1 N–H and O–H groups in total. The quantitative estimate of drug-likeness (QED) is 0.872. The second-order valence-corrected chi connectivity index (χ2v) is 5.46. The fourth-order valence-corrected chi connectivity index (χ4v) is 2.39. The molecule has 0 spiro atoms. The van der Waals surface area contributed by atoms with Crippen molar-refractivity contribution in [1.82, 2.24) is 0 Å². The van der Waals surface area contributed by atoms with Gasteiger partial charge in [-0.05, 0) is 42.3 Å². The molecule has 0 unspecified atom stereocenters. The smallest absolute Gasteiger partial charge is 0.335 e. The van der Waals surface area contributed by atoms with Crippen molar-refractivity contribution in [3.05, 3.63) is 63.1 Å². The van der Waals surface area contributed by atoms with Crippen LogP contribution >= 0.6 is 23.2 Å². The number of carboxylic acid groups (broad SMARTS) is 1. The first-order valence-electron chi connectivity index (χ1n) is 6.38. The maximum Gasteiger partial charge on any atom is 0.335 e. The van der Waals surface area contributed by atoms with Crippen molar-refractivity contribution in [2.45, 2.75) is 13.3 Å². The summed E-state index contributed by atoms with van der Waals surface area (Å²) in [6, 6.07) is 10.1. The SMILES string of the molecule is Cc1ccc(C(=O)O)cc1OCCc1ccc(Cl)cc1Cl. The molecule has 0 saturated heterocycles. The van der Waals surface area contributed by atoms with Crippen LogP contribution < -0.4 is 4.74 Å². The Morgan fingerprint density at radius 3 is 2.62 bits per heavy atom. The topological polar surface area (TPSA) is 46.5 Å². The van der Waals surface area contributed by atoms with E-state index in [2.05, 4.69) is 0 Å². The highest BCUT2D eigenvalue weighted by atomic mass is 35.5. The molecule has 3 nitrogen and oxygen atoms in total. The van der Waals surface area contributed by atoms with Gasteiger partial charge in [0.25, 0.3) is 0 Å². The van der Waals surface area contributed by atoms with E-state index in [4.69, 9.17) is 33.0 Å². The highest BCUT2D eigenvalue weighted by Gasteiger charge is 2.08. The van der Waals surface area contributed by atoms with Crippen LogP contribution in [-0.4, -0.2) is 17.7 Å². The van der Waals surface area contributed by atoms with Gasteiger partial charge in [0.15, 0.2) is 0 Å². The number of hydrogen-bond acceptors (Lipinski definition) is 2. The van der Waals surface area contributed by atoms with Crippen LogP contribution in [0.15, 0.2) is 36.4 Å². The van der Waals surface area contributed by atoms with Gasteiger partial charge in [-0.3, -0.25) is 0 Å². The minimum atomic E-state index is -0.972. The summed E-state index contributed by atoms with van der Waals surface area (Å²) >= 11 is 11.9. The summed E-state index contributed by atoms with van der Waals surface area (Å²) in [4.78, 5) is 11.0. The van der Waals surface area contributed by atoms with E-state index in [0.29, 0.717) is 28.8 Å². The summed E-state index contributed by atoms with van der Waals surface area (Å²) in [6.45, 7) is 2.28. The van der Waals surface area contributed by atoms with Crippen molar-refractivity contribution in [1.29, 1.82) is 0 Å². The molecule has 2 rings (SSSR count). The molecule has 2 aromatic carbocycles. The van der Waals surface area contributed by atoms with Crippen molar-refractivity contribution in [2.24, 2.45) is 0 Å². The molecule has 0 bridgehead atoms. The molecule has 21 heavy (non-hydrogen) atoms. The number of rotatable bonds is 5. The number of halogens is 2. The first-order chi connectivity index (χ1) is 9.97. The Kier molecular flexibility index (Phi) is 5.10. The van der Waals surface area contributed by atoms with E-state index in [9.17, 15) is 4.79 Å². The molecule has 0 aliphatic heterocycles. The Bertz CT molecular complexity index is 669. The molecule has 0 fully saturated rings. The van der Waals surface area contributed by atoms with E-state index in [1.54, 1.807) is 24.3 Å². The summed E-state index contributed by atoms with van der Waals surface area (Å²) in [7, 11) is 0. The van der Waals surface area contributed by atoms with Crippen molar-refractivity contribution in [3.8, 4) is 5.75 Å². The highest BCUT2D eigenvalue weighted by Crippen LogP contribution is 2.23. The second-order valence-electron chi connectivity index (χ2n) is 4.62. The predicted molar refractivity (Wildman–Crippen MR) is 83.8 cm³/mol. The van der Waals surface area contributed by atoms with E-state index in [1.165, 1.54) is 6.07 Å². The molecular weight excluding hydrogens is 311 g/mol. The lowest BCUT2D eigenvalue weighted by Gasteiger charge is -2.11. The third-order valence-corrected chi connectivity index (χ3v) is 3.67. The minimum absolute atomic E-state index is 0.208. The number of hydrogen-bond donors (Lipinski definition) is 1. The molecule has 110 valence electrons. The third kappa shape index (κ3) is 4.13. The van der Waals surface area contributed by atoms with Gasteiger partial charge >= 0.3 is 5.97 Å². The van der Waals surface area contributed by atoms with Gasteiger partial charge in [0, 0.05) is 16.5 Å². The van der Waals surface area contributed by atoms with Crippen LogP contribution in [0.25, 0.3) is 0 Å². The van der Waals surface area contributed by atoms with E-state index >= 15 is 0 Å². The largest absolute Gasteiger partial charge is 0.493 e. The molecule has 0 radical (unpaired) electrons. The zero-order valence-electron chi connectivity index (χ0n) is 11.4. The summed E-state index contributed by atoms with van der Waals surface area (Å²) in [6.07, 6.45) is 0.618. The average molecular weight is 325 g/mol. The fourth-order valence-electron chi connectivity index (χ4n) is 1.88. The molecule has 0 aliphatic carbocycles. The summed E-state index contributed by atoms with van der Waals surface area (Å²) in [5.74, 6) is -0.402. The van der Waals surface area contributed by atoms with Gasteiger partial charge in [0.05, 0.1) is 12.2 Å². The summed E-state index contributed by atoms with van der Waals surface area (Å²) in [5, 5.41) is 10.2. The van der Waals surface area contributed by atoms with E-state index in [0.717, 1.165) is 11.1 Å². The standard InChI is InChI=1S/C16H14Cl2O3/c1-10-2-3-12(16(19)20)8-15(10)21-7-6-11-4-5-13(17)9-14(11)18/h2-5,8-9H,6-7H2,1H3,(H,19,20). The van der Waals surface area contributed by atoms with Gasteiger partial charge in [0.1, 0.15) is 5.75 Å². The molecule has 5 heteroatoms. The summed E-state index contributed by atoms with van der Waals surface area (Å²) < 4.78 is 5.66. The van der Waals surface area contributed by atoms with Gasteiger partial charge in [-0.15, -0.1) is 0 Å². The number of benzene rings is 2. The Balaban J connectivity index is 2.03. The normalized spacial score (nSPS) is 10.4. The zero-order valence-corrected chi connectivity index (χ0v) is 12.9. The molecule has 0 aliphatic rings. The van der Waals surface area contributed by atoms with Crippen LogP contribution in [0.5, 0.6) is 5.75 Å². The second kappa shape index (κ2) is 6.83. The van der Waals surface area contributed by atoms with Gasteiger partial charge < -0.3 is 9.84 Å². The number of aryl methyl sites for hydroxylation is 1. The number of ether oxygens (including phenoxy) is 1. The molecule has 0 heterocycles. The molecule has 0 aromatic heterocycles. The van der Waals surface area contributed by atoms with Gasteiger partial charge in [-0.1, -0.05) is 35.3 Å². The van der Waals surface area contributed by atoms with Crippen molar-refractivity contribution in [3.63, 3.8) is 0 Å². The Morgan fingerprint density at radius 1 is 1.19 bits per heavy atom. The fraction of sp³-hybridized carbons (Fsp3) is 0.188. The lowest BCUT2D eigenvalue weighted by Crippen LogP contribution is -2.04. The van der Waals surface area contributed by atoms with Crippen LogP contribution in [0.2, 0.25) is 10.0 Å². The minimum Gasteiger partial charge on any atom is -0.493 e. The van der Waals surface area contributed by atoms with Gasteiger partial charge in [-0.25, -0.2) is 4.79 Å². The number of aromatic carboxylic acids is 1. The predicted octanol–water partition coefficient (Wildman–Crippen LogP) is 4.62. The Labute approximate surface area is 133 Å². The monoisotopic (exact) mass is 324 g/mol. The van der Waals surface area contributed by atoms with E-state index in [1.807, 2.05) is 13.0 Å². The maximum absolute atomic E-state index is 11.0. The summed E-state index contributed by atoms with van der Waals surface area (Å²) in [5.41, 5.74) is 2.04. The van der Waals surface area contributed by atoms with Crippen LogP contribution in [0.1, 0.15) is 21.5 Å².